The van der Waals surface area contributed by atoms with E-state index in [2.05, 4.69) is 35.2 Å². The summed E-state index contributed by atoms with van der Waals surface area (Å²) in [5, 5.41) is 12.9. The fraction of sp³-hybridized carbons (Fsp3) is 0.529. The predicted molar refractivity (Wildman–Crippen MR) is 98.8 cm³/mol. The van der Waals surface area contributed by atoms with Crippen LogP contribution in [0.4, 0.5) is 5.82 Å². The lowest BCUT2D eigenvalue weighted by molar-refractivity contribution is 0.274. The molecule has 0 radical (unpaired) electrons. The summed E-state index contributed by atoms with van der Waals surface area (Å²) in [7, 11) is 0. The number of nitrogens with zero attached hydrogens (tertiary/aromatic N) is 2. The van der Waals surface area contributed by atoms with E-state index in [1.54, 1.807) is 19.2 Å². The van der Waals surface area contributed by atoms with E-state index >= 15 is 0 Å². The van der Waals surface area contributed by atoms with Crippen molar-refractivity contribution in [3.8, 4) is 0 Å². The summed E-state index contributed by atoms with van der Waals surface area (Å²) < 4.78 is 0. The van der Waals surface area contributed by atoms with E-state index < -0.39 is 0 Å². The molecule has 24 heavy (non-hydrogen) atoms. The second kappa shape index (κ2) is 7.40. The van der Waals surface area contributed by atoms with Gasteiger partial charge < -0.3 is 21.9 Å². The number of hydrogen-bond acceptors (Lipinski definition) is 4. The van der Waals surface area contributed by atoms with Gasteiger partial charge in [0.25, 0.3) is 0 Å². The SMILES string of the molecule is CC(/C=C(\NC(N)=N[C@@H](C)CO)C1(C)CC1)c1cnc(N)cc1Cl. The topological polar surface area (TPSA) is 110 Å². The highest BCUT2D eigenvalue weighted by Crippen LogP contribution is 2.51. The van der Waals surface area contributed by atoms with Crippen molar-refractivity contribution >= 4 is 23.4 Å². The number of hydrogen-bond donors (Lipinski definition) is 4. The maximum absolute atomic E-state index is 9.10. The maximum Gasteiger partial charge on any atom is 0.193 e. The molecule has 1 fully saturated rings. The predicted octanol–water partition coefficient (Wildman–Crippen LogP) is 2.39. The van der Waals surface area contributed by atoms with E-state index in [1.807, 2.05) is 0 Å². The van der Waals surface area contributed by atoms with Crippen molar-refractivity contribution in [3.63, 3.8) is 0 Å². The molecule has 1 aliphatic rings. The third kappa shape index (κ3) is 4.61. The largest absolute Gasteiger partial charge is 0.394 e. The van der Waals surface area contributed by atoms with Crippen molar-refractivity contribution < 1.29 is 5.11 Å². The molecule has 6 nitrogen and oxygen atoms in total. The molecule has 0 saturated heterocycles. The Morgan fingerprint density at radius 2 is 2.21 bits per heavy atom. The number of aliphatic hydroxyl groups is 1. The number of anilines is 1. The van der Waals surface area contributed by atoms with Crippen LogP contribution >= 0.6 is 11.6 Å². The Bertz CT molecular complexity index is 654. The van der Waals surface area contributed by atoms with Crippen LogP contribution in [0.1, 0.15) is 45.1 Å². The Labute approximate surface area is 148 Å². The van der Waals surface area contributed by atoms with Gasteiger partial charge in [-0.2, -0.15) is 0 Å². The minimum absolute atomic E-state index is 0.0399. The number of nitrogens with two attached hydrogens (primary N) is 2. The highest BCUT2D eigenvalue weighted by Gasteiger charge is 2.41. The average molecular weight is 352 g/mol. The van der Waals surface area contributed by atoms with Crippen LogP contribution in [0.5, 0.6) is 0 Å². The minimum atomic E-state index is -0.237. The molecule has 7 heteroatoms. The van der Waals surface area contributed by atoms with Gasteiger partial charge >= 0.3 is 0 Å². The number of guanidine groups is 1. The van der Waals surface area contributed by atoms with Crippen molar-refractivity contribution in [2.45, 2.75) is 45.6 Å². The van der Waals surface area contributed by atoms with Crippen LogP contribution in [0.2, 0.25) is 5.02 Å². The number of aromatic nitrogens is 1. The quantitative estimate of drug-likeness (QED) is 0.464. The van der Waals surface area contributed by atoms with E-state index in [-0.39, 0.29) is 24.0 Å². The Morgan fingerprint density at radius 3 is 2.75 bits per heavy atom. The number of halogens is 1. The molecule has 132 valence electrons. The van der Waals surface area contributed by atoms with Crippen LogP contribution in [0.25, 0.3) is 0 Å². The van der Waals surface area contributed by atoms with Crippen LogP contribution in [-0.4, -0.2) is 28.7 Å². The first-order valence-electron chi connectivity index (χ1n) is 8.09. The fourth-order valence-electron chi connectivity index (χ4n) is 2.43. The molecule has 1 aromatic heterocycles. The molecule has 0 bridgehead atoms. The average Bonchev–Trinajstić information content (AvgIpc) is 3.25. The summed E-state index contributed by atoms with van der Waals surface area (Å²) >= 11 is 6.29. The highest BCUT2D eigenvalue weighted by molar-refractivity contribution is 6.31. The maximum atomic E-state index is 9.10. The van der Waals surface area contributed by atoms with Crippen molar-refractivity contribution in [1.29, 1.82) is 0 Å². The summed E-state index contributed by atoms with van der Waals surface area (Å²) in [5.74, 6) is 0.764. The molecule has 0 amide bonds. The van der Waals surface area contributed by atoms with Crippen LogP contribution in [0, 0.1) is 5.41 Å². The molecule has 1 aromatic rings. The zero-order valence-corrected chi connectivity index (χ0v) is 15.1. The minimum Gasteiger partial charge on any atom is -0.394 e. The molecular formula is C17H26ClN5O. The zero-order chi connectivity index (χ0) is 17.9. The van der Waals surface area contributed by atoms with Gasteiger partial charge in [-0.25, -0.2) is 9.98 Å². The summed E-state index contributed by atoms with van der Waals surface area (Å²) in [4.78, 5) is 8.35. The van der Waals surface area contributed by atoms with E-state index in [9.17, 15) is 0 Å². The fourth-order valence-corrected chi connectivity index (χ4v) is 2.76. The third-order valence-corrected chi connectivity index (χ3v) is 4.67. The van der Waals surface area contributed by atoms with E-state index in [1.165, 1.54) is 0 Å². The number of nitrogens with one attached hydrogen (secondary N) is 1. The molecule has 0 aliphatic heterocycles. The van der Waals surface area contributed by atoms with E-state index in [0.717, 1.165) is 24.1 Å². The molecule has 1 saturated carbocycles. The lowest BCUT2D eigenvalue weighted by atomic mass is 9.96. The lowest BCUT2D eigenvalue weighted by Crippen LogP contribution is -2.35. The molecule has 0 aromatic carbocycles. The molecule has 2 rings (SSSR count). The van der Waals surface area contributed by atoms with Crippen molar-refractivity contribution in [2.24, 2.45) is 16.1 Å². The normalized spacial score (nSPS) is 19.7. The first kappa shape index (κ1) is 18.5. The summed E-state index contributed by atoms with van der Waals surface area (Å²) in [5.41, 5.74) is 13.6. The molecule has 6 N–H and O–H groups in total. The second-order valence-electron chi connectivity index (χ2n) is 6.73. The monoisotopic (exact) mass is 351 g/mol. The van der Waals surface area contributed by atoms with Gasteiger partial charge in [-0.3, -0.25) is 0 Å². The number of aliphatic imine (C=N–C) groups is 1. The number of nitrogen functional groups attached to an aromatic ring is 1. The molecular weight excluding hydrogens is 326 g/mol. The molecule has 1 aliphatic carbocycles. The van der Waals surface area contributed by atoms with Gasteiger partial charge in [0.2, 0.25) is 0 Å². The van der Waals surface area contributed by atoms with Gasteiger partial charge in [-0.15, -0.1) is 0 Å². The van der Waals surface area contributed by atoms with Crippen LogP contribution in [0.15, 0.2) is 29.0 Å². The Hall–Kier alpha value is -1.79. The molecule has 0 spiro atoms. The standard InChI is InChI=1S/C17H26ClN5O/c1-10(12-8-21-15(19)7-13(12)18)6-14(17(3)4-5-17)23-16(20)22-11(2)9-24/h6-8,10-11,24H,4-5,9H2,1-3H3,(H2,19,21)(H3,20,22,23)/b14-6-/t10?,11-/m0/s1. The molecule has 1 heterocycles. The first-order chi connectivity index (χ1) is 11.2. The smallest absolute Gasteiger partial charge is 0.193 e. The Balaban J connectivity index is 2.24. The Morgan fingerprint density at radius 1 is 1.54 bits per heavy atom. The number of aliphatic hydroxyl groups excluding tert-OH is 1. The van der Waals surface area contributed by atoms with Gasteiger partial charge in [0.1, 0.15) is 5.82 Å². The van der Waals surface area contributed by atoms with Crippen LogP contribution in [-0.2, 0) is 0 Å². The zero-order valence-electron chi connectivity index (χ0n) is 14.4. The van der Waals surface area contributed by atoms with E-state index in [0.29, 0.717) is 16.8 Å². The van der Waals surface area contributed by atoms with Gasteiger partial charge in [0, 0.05) is 28.2 Å². The number of rotatable bonds is 6. The third-order valence-electron chi connectivity index (χ3n) is 4.35. The number of pyridine rings is 1. The van der Waals surface area contributed by atoms with Gasteiger partial charge in [0.05, 0.1) is 12.6 Å². The first-order valence-corrected chi connectivity index (χ1v) is 8.47. The Kier molecular flexibility index (Phi) is 5.72. The van der Waals surface area contributed by atoms with Crippen LogP contribution < -0.4 is 16.8 Å². The lowest BCUT2D eigenvalue weighted by Gasteiger charge is -2.20. The van der Waals surface area contributed by atoms with Gasteiger partial charge in [0.15, 0.2) is 5.96 Å². The van der Waals surface area contributed by atoms with Crippen LogP contribution in [0.3, 0.4) is 0 Å². The summed E-state index contributed by atoms with van der Waals surface area (Å²) in [6.07, 6.45) is 6.00. The summed E-state index contributed by atoms with van der Waals surface area (Å²) in [6, 6.07) is 1.42. The summed E-state index contributed by atoms with van der Waals surface area (Å²) in [6.45, 7) is 6.00. The number of allylic oxidation sites excluding steroid dienone is 2. The van der Waals surface area contributed by atoms with Gasteiger partial charge in [-0.05, 0) is 31.4 Å². The van der Waals surface area contributed by atoms with Crippen molar-refractivity contribution in [3.05, 3.63) is 34.6 Å². The van der Waals surface area contributed by atoms with Crippen molar-refractivity contribution in [1.82, 2.24) is 10.3 Å². The van der Waals surface area contributed by atoms with E-state index in [4.69, 9.17) is 28.2 Å². The highest BCUT2D eigenvalue weighted by atomic mass is 35.5. The van der Waals surface area contributed by atoms with Gasteiger partial charge in [-0.1, -0.05) is 31.5 Å². The molecule has 1 unspecified atom stereocenters. The van der Waals surface area contributed by atoms with Crippen molar-refractivity contribution in [2.75, 3.05) is 12.3 Å². The molecule has 2 atom stereocenters. The second-order valence-corrected chi connectivity index (χ2v) is 7.14.